The molecule has 0 saturated heterocycles. The van der Waals surface area contributed by atoms with Crippen LogP contribution in [-0.4, -0.2) is 29.0 Å². The Morgan fingerprint density at radius 3 is 2.66 bits per heavy atom. The van der Waals surface area contributed by atoms with E-state index in [2.05, 4.69) is 20.6 Å². The summed E-state index contributed by atoms with van der Waals surface area (Å²) < 4.78 is 5.08. The summed E-state index contributed by atoms with van der Waals surface area (Å²) >= 11 is 12.5. The van der Waals surface area contributed by atoms with Crippen molar-refractivity contribution in [2.45, 2.75) is 0 Å². The Kier molecular flexibility index (Phi) is 5.64. The van der Waals surface area contributed by atoms with Crippen molar-refractivity contribution >= 4 is 45.8 Å². The van der Waals surface area contributed by atoms with E-state index in [1.165, 1.54) is 6.26 Å². The predicted octanol–water partition coefficient (Wildman–Crippen LogP) is 5.04. The molecule has 0 radical (unpaired) electrons. The van der Waals surface area contributed by atoms with Crippen molar-refractivity contribution in [2.75, 3.05) is 18.4 Å². The molecule has 0 unspecified atom stereocenters. The van der Waals surface area contributed by atoms with Crippen LogP contribution >= 0.6 is 23.2 Å². The summed E-state index contributed by atoms with van der Waals surface area (Å²) in [4.78, 5) is 21.2. The van der Waals surface area contributed by atoms with Gasteiger partial charge in [0.05, 0.1) is 16.8 Å². The van der Waals surface area contributed by atoms with Crippen LogP contribution in [0.1, 0.15) is 10.6 Å². The van der Waals surface area contributed by atoms with Crippen molar-refractivity contribution < 1.29 is 9.21 Å². The van der Waals surface area contributed by atoms with Crippen LogP contribution in [0.15, 0.2) is 65.3 Å². The Labute approximate surface area is 176 Å². The van der Waals surface area contributed by atoms with Crippen molar-refractivity contribution in [1.29, 1.82) is 0 Å². The summed E-state index contributed by atoms with van der Waals surface area (Å²) in [5.41, 5.74) is 1.43. The summed E-state index contributed by atoms with van der Waals surface area (Å²) in [6.07, 6.45) is 1.46. The highest BCUT2D eigenvalue weighted by Gasteiger charge is 2.12. The lowest BCUT2D eigenvalue weighted by molar-refractivity contribution is 0.0927. The first-order valence-electron chi connectivity index (χ1n) is 8.89. The van der Waals surface area contributed by atoms with Gasteiger partial charge in [-0.3, -0.25) is 4.79 Å². The van der Waals surface area contributed by atoms with Crippen molar-refractivity contribution in [1.82, 2.24) is 15.3 Å². The summed E-state index contributed by atoms with van der Waals surface area (Å²) in [7, 11) is 0. The maximum atomic E-state index is 12.0. The van der Waals surface area contributed by atoms with Crippen LogP contribution in [0.5, 0.6) is 0 Å². The number of halogens is 2. The van der Waals surface area contributed by atoms with E-state index >= 15 is 0 Å². The normalized spacial score (nSPS) is 10.8. The number of amides is 1. The fourth-order valence-electron chi connectivity index (χ4n) is 2.85. The largest absolute Gasteiger partial charge is 0.459 e. The second-order valence-corrected chi connectivity index (χ2v) is 7.04. The average molecular weight is 427 g/mol. The van der Waals surface area contributed by atoms with Crippen molar-refractivity contribution in [3.05, 3.63) is 76.7 Å². The molecule has 2 aromatic heterocycles. The highest BCUT2D eigenvalue weighted by Crippen LogP contribution is 2.30. The lowest BCUT2D eigenvalue weighted by Gasteiger charge is -2.12. The van der Waals surface area contributed by atoms with Gasteiger partial charge in [-0.05, 0) is 42.5 Å². The van der Waals surface area contributed by atoms with Gasteiger partial charge < -0.3 is 15.1 Å². The molecule has 8 heteroatoms. The van der Waals surface area contributed by atoms with Crippen LogP contribution in [0.3, 0.4) is 0 Å². The van der Waals surface area contributed by atoms with Crippen LogP contribution in [0, 0.1) is 0 Å². The minimum Gasteiger partial charge on any atom is -0.459 e. The SMILES string of the molecule is O=C(NCCNc1nc(-c2ccccc2Cl)nc2cc(Cl)ccc12)c1ccco1. The molecule has 0 aliphatic heterocycles. The maximum Gasteiger partial charge on any atom is 0.287 e. The number of rotatable bonds is 6. The smallest absolute Gasteiger partial charge is 0.287 e. The van der Waals surface area contributed by atoms with Crippen LogP contribution < -0.4 is 10.6 Å². The number of anilines is 1. The van der Waals surface area contributed by atoms with Crippen LogP contribution in [0.2, 0.25) is 10.0 Å². The molecule has 146 valence electrons. The molecule has 0 aliphatic carbocycles. The van der Waals surface area contributed by atoms with Gasteiger partial charge in [-0.25, -0.2) is 9.97 Å². The molecule has 0 spiro atoms. The molecule has 0 atom stereocenters. The maximum absolute atomic E-state index is 12.0. The quantitative estimate of drug-likeness (QED) is 0.422. The van der Waals surface area contributed by atoms with E-state index in [9.17, 15) is 4.79 Å². The van der Waals surface area contributed by atoms with E-state index in [0.29, 0.717) is 40.3 Å². The Bertz CT molecular complexity index is 1160. The minimum absolute atomic E-state index is 0.270. The molecular weight excluding hydrogens is 411 g/mol. The third-order valence-electron chi connectivity index (χ3n) is 4.22. The average Bonchev–Trinajstić information content (AvgIpc) is 3.26. The highest BCUT2D eigenvalue weighted by atomic mass is 35.5. The summed E-state index contributed by atoms with van der Waals surface area (Å²) in [6, 6.07) is 16.1. The Balaban J connectivity index is 1.57. The zero-order valence-corrected chi connectivity index (χ0v) is 16.7. The molecule has 2 aromatic carbocycles. The lowest BCUT2D eigenvalue weighted by Crippen LogP contribution is -2.28. The molecule has 0 aliphatic rings. The van der Waals surface area contributed by atoms with Crippen LogP contribution in [0.25, 0.3) is 22.3 Å². The Hall–Kier alpha value is -3.09. The number of carbonyl (C=O) groups excluding carboxylic acids is 1. The summed E-state index contributed by atoms with van der Waals surface area (Å²) in [5.74, 6) is 1.13. The van der Waals surface area contributed by atoms with Crippen molar-refractivity contribution in [3.8, 4) is 11.4 Å². The summed E-state index contributed by atoms with van der Waals surface area (Å²) in [5, 5.41) is 8.01. The summed E-state index contributed by atoms with van der Waals surface area (Å²) in [6.45, 7) is 0.850. The van der Waals surface area contributed by atoms with Gasteiger partial charge in [-0.2, -0.15) is 0 Å². The molecule has 1 amide bonds. The number of aromatic nitrogens is 2. The fraction of sp³-hybridized carbons (Fsp3) is 0.0952. The zero-order valence-electron chi connectivity index (χ0n) is 15.2. The number of benzene rings is 2. The molecule has 4 rings (SSSR count). The van der Waals surface area contributed by atoms with Gasteiger partial charge >= 0.3 is 0 Å². The van der Waals surface area contributed by atoms with E-state index in [4.69, 9.17) is 27.6 Å². The first-order valence-corrected chi connectivity index (χ1v) is 9.65. The van der Waals surface area contributed by atoms with Gasteiger partial charge in [-0.1, -0.05) is 35.3 Å². The van der Waals surface area contributed by atoms with Gasteiger partial charge in [-0.15, -0.1) is 0 Å². The van der Waals surface area contributed by atoms with Crippen molar-refractivity contribution in [3.63, 3.8) is 0 Å². The third-order valence-corrected chi connectivity index (χ3v) is 4.79. The van der Waals surface area contributed by atoms with Crippen molar-refractivity contribution in [2.24, 2.45) is 0 Å². The molecular formula is C21H16Cl2N4O2. The molecule has 2 N–H and O–H groups in total. The standard InChI is InChI=1S/C21H16Cl2N4O2/c22-13-7-8-15-17(12-13)26-20(14-4-1-2-5-16(14)23)27-19(15)24-9-10-25-21(28)18-6-3-11-29-18/h1-8,11-12H,9-10H2,(H,25,28)(H,24,26,27). The molecule has 0 fully saturated rings. The van der Waals surface area contributed by atoms with Crippen LogP contribution in [-0.2, 0) is 0 Å². The first-order chi connectivity index (χ1) is 14.1. The lowest BCUT2D eigenvalue weighted by atomic mass is 10.2. The van der Waals surface area contributed by atoms with Gasteiger partial charge in [0.1, 0.15) is 5.82 Å². The van der Waals surface area contributed by atoms with Crippen LogP contribution in [0.4, 0.5) is 5.82 Å². The minimum atomic E-state index is -0.270. The Morgan fingerprint density at radius 1 is 1.00 bits per heavy atom. The number of fused-ring (bicyclic) bond motifs is 1. The number of carbonyl (C=O) groups is 1. The number of furan rings is 1. The Morgan fingerprint density at radius 2 is 1.86 bits per heavy atom. The van der Waals surface area contributed by atoms with Gasteiger partial charge in [0, 0.05) is 29.1 Å². The van der Waals surface area contributed by atoms with Gasteiger partial charge in [0.15, 0.2) is 11.6 Å². The monoisotopic (exact) mass is 426 g/mol. The van der Waals surface area contributed by atoms with E-state index in [1.54, 1.807) is 30.3 Å². The second kappa shape index (κ2) is 8.51. The molecule has 0 saturated carbocycles. The van der Waals surface area contributed by atoms with Gasteiger partial charge in [0.25, 0.3) is 5.91 Å². The molecule has 2 heterocycles. The fourth-order valence-corrected chi connectivity index (χ4v) is 3.24. The highest BCUT2D eigenvalue weighted by molar-refractivity contribution is 6.33. The number of nitrogens with zero attached hydrogens (tertiary/aromatic N) is 2. The number of hydrogen-bond acceptors (Lipinski definition) is 5. The zero-order chi connectivity index (χ0) is 20.2. The second-order valence-electron chi connectivity index (χ2n) is 6.20. The van der Waals surface area contributed by atoms with E-state index in [-0.39, 0.29) is 11.7 Å². The molecule has 29 heavy (non-hydrogen) atoms. The van der Waals surface area contributed by atoms with E-state index < -0.39 is 0 Å². The number of hydrogen-bond donors (Lipinski definition) is 2. The van der Waals surface area contributed by atoms with Gasteiger partial charge in [0.2, 0.25) is 0 Å². The van der Waals surface area contributed by atoms with E-state index in [1.807, 2.05) is 24.3 Å². The molecule has 6 nitrogen and oxygen atoms in total. The molecule has 4 aromatic rings. The number of nitrogens with one attached hydrogen (secondary N) is 2. The predicted molar refractivity (Wildman–Crippen MR) is 115 cm³/mol. The first kappa shape index (κ1) is 19.2. The van der Waals surface area contributed by atoms with E-state index in [0.717, 1.165) is 10.9 Å². The third kappa shape index (κ3) is 4.34. The molecule has 0 bridgehead atoms. The topological polar surface area (TPSA) is 80.0 Å².